The molecule has 0 bridgehead atoms. The van der Waals surface area contributed by atoms with Gasteiger partial charge in [-0.15, -0.1) is 0 Å². The van der Waals surface area contributed by atoms with Crippen LogP contribution in [0.5, 0.6) is 5.75 Å². The lowest BCUT2D eigenvalue weighted by Crippen LogP contribution is -2.15. The smallest absolute Gasteiger partial charge is 0.335 e. The highest BCUT2D eigenvalue weighted by Crippen LogP contribution is 2.22. The molecule has 0 radical (unpaired) electrons. The summed E-state index contributed by atoms with van der Waals surface area (Å²) in [5, 5.41) is 17.3. The average molecular weight is 350 g/mol. The van der Waals surface area contributed by atoms with Crippen molar-refractivity contribution in [1.82, 2.24) is 0 Å². The van der Waals surface area contributed by atoms with Crippen LogP contribution in [0.3, 0.4) is 0 Å². The van der Waals surface area contributed by atoms with Gasteiger partial charge in [0, 0.05) is 5.69 Å². The van der Waals surface area contributed by atoms with Gasteiger partial charge in [0.2, 0.25) is 0 Å². The van der Waals surface area contributed by atoms with E-state index < -0.39 is 26.7 Å². The van der Waals surface area contributed by atoms with Crippen molar-refractivity contribution in [3.05, 3.63) is 53.8 Å². The molecule has 0 saturated carbocycles. The van der Waals surface area contributed by atoms with Crippen molar-refractivity contribution in [2.24, 2.45) is 0 Å². The number of benzene rings is 2. The van der Waals surface area contributed by atoms with Crippen LogP contribution >= 0.6 is 0 Å². The predicted molar refractivity (Wildman–Crippen MR) is 81.7 cm³/mol. The van der Waals surface area contributed by atoms with Gasteiger partial charge in [-0.3, -0.25) is 4.72 Å². The van der Waals surface area contributed by atoms with Crippen molar-refractivity contribution in [3.8, 4) is 11.8 Å². The Kier molecular flexibility index (Phi) is 5.01. The van der Waals surface area contributed by atoms with E-state index in [4.69, 9.17) is 15.1 Å². The van der Waals surface area contributed by atoms with E-state index in [-0.39, 0.29) is 17.9 Å². The van der Waals surface area contributed by atoms with Crippen LogP contribution in [0.2, 0.25) is 0 Å². The summed E-state index contributed by atoms with van der Waals surface area (Å²) in [5.41, 5.74) is -0.225. The minimum atomic E-state index is -4.31. The van der Waals surface area contributed by atoms with Crippen LogP contribution in [0.25, 0.3) is 0 Å². The summed E-state index contributed by atoms with van der Waals surface area (Å²) < 4.78 is 45.4. The third-order valence-corrected chi connectivity index (χ3v) is 4.27. The first-order valence-corrected chi connectivity index (χ1v) is 7.97. The number of carbonyl (C=O) groups is 1. The molecule has 9 heteroatoms. The van der Waals surface area contributed by atoms with Crippen molar-refractivity contribution in [3.63, 3.8) is 0 Å². The summed E-state index contributed by atoms with van der Waals surface area (Å²) in [6, 6.07) is 9.86. The average Bonchev–Trinajstić information content (AvgIpc) is 2.54. The molecule has 24 heavy (non-hydrogen) atoms. The zero-order valence-corrected chi connectivity index (χ0v) is 12.9. The topological polar surface area (TPSA) is 116 Å². The van der Waals surface area contributed by atoms with Gasteiger partial charge in [-0.25, -0.2) is 17.6 Å². The molecule has 0 amide bonds. The van der Waals surface area contributed by atoms with Gasteiger partial charge in [-0.2, -0.15) is 5.26 Å². The van der Waals surface area contributed by atoms with Crippen molar-refractivity contribution in [2.45, 2.75) is 4.90 Å². The molecule has 0 saturated heterocycles. The molecule has 0 aliphatic heterocycles. The molecule has 7 nitrogen and oxygen atoms in total. The van der Waals surface area contributed by atoms with Crippen LogP contribution in [-0.2, 0) is 10.0 Å². The van der Waals surface area contributed by atoms with Crippen molar-refractivity contribution in [1.29, 1.82) is 5.26 Å². The maximum Gasteiger partial charge on any atom is 0.335 e. The number of sulfonamides is 1. The Bertz CT molecular complexity index is 904. The molecule has 0 atom stereocenters. The second-order valence-corrected chi connectivity index (χ2v) is 6.18. The van der Waals surface area contributed by atoms with Crippen LogP contribution in [0.4, 0.5) is 10.1 Å². The van der Waals surface area contributed by atoms with Gasteiger partial charge in [0.1, 0.15) is 22.5 Å². The van der Waals surface area contributed by atoms with Gasteiger partial charge in [-0.05, 0) is 42.5 Å². The number of halogens is 1. The first-order chi connectivity index (χ1) is 11.3. The fourth-order valence-electron chi connectivity index (χ4n) is 1.79. The van der Waals surface area contributed by atoms with Gasteiger partial charge in [0.15, 0.2) is 6.61 Å². The third-order valence-electron chi connectivity index (χ3n) is 2.88. The van der Waals surface area contributed by atoms with Gasteiger partial charge >= 0.3 is 5.97 Å². The number of hydrogen-bond donors (Lipinski definition) is 2. The number of ether oxygens (including phenoxy) is 1. The molecular formula is C15H11FN2O5S. The van der Waals surface area contributed by atoms with Gasteiger partial charge in [0.05, 0.1) is 5.56 Å². The number of nitrogens with zero attached hydrogens (tertiary/aromatic N) is 1. The van der Waals surface area contributed by atoms with Crippen molar-refractivity contribution in [2.75, 3.05) is 11.3 Å². The highest BCUT2D eigenvalue weighted by atomic mass is 32.2. The molecule has 0 spiro atoms. The van der Waals surface area contributed by atoms with E-state index in [1.165, 1.54) is 24.3 Å². The van der Waals surface area contributed by atoms with Gasteiger partial charge in [0.25, 0.3) is 10.0 Å². The summed E-state index contributed by atoms with van der Waals surface area (Å²) in [4.78, 5) is 10.1. The highest BCUT2D eigenvalue weighted by molar-refractivity contribution is 7.92. The lowest BCUT2D eigenvalue weighted by Gasteiger charge is -2.10. The third kappa shape index (κ3) is 3.99. The van der Waals surface area contributed by atoms with E-state index in [1.54, 1.807) is 6.07 Å². The molecule has 0 heterocycles. The number of hydrogen-bond acceptors (Lipinski definition) is 5. The molecule has 0 aliphatic carbocycles. The van der Waals surface area contributed by atoms with Crippen molar-refractivity contribution < 1.29 is 27.4 Å². The Morgan fingerprint density at radius 2 is 1.92 bits per heavy atom. The first kappa shape index (κ1) is 17.2. The molecule has 2 aromatic rings. The highest BCUT2D eigenvalue weighted by Gasteiger charge is 2.21. The normalized spacial score (nSPS) is 10.7. The van der Waals surface area contributed by atoms with E-state index in [1.807, 2.05) is 0 Å². The second-order valence-electron chi connectivity index (χ2n) is 4.53. The summed E-state index contributed by atoms with van der Waals surface area (Å²) in [5.74, 6) is -2.08. The van der Waals surface area contributed by atoms with E-state index in [2.05, 4.69) is 4.72 Å². The largest absolute Gasteiger partial charge is 0.479 e. The van der Waals surface area contributed by atoms with Crippen LogP contribution < -0.4 is 9.46 Å². The summed E-state index contributed by atoms with van der Waals surface area (Å²) in [7, 11) is -4.31. The molecular weight excluding hydrogens is 339 g/mol. The van der Waals surface area contributed by atoms with Crippen LogP contribution in [0, 0.1) is 17.1 Å². The minimum Gasteiger partial charge on any atom is -0.479 e. The quantitative estimate of drug-likeness (QED) is 0.825. The summed E-state index contributed by atoms with van der Waals surface area (Å²) in [6.07, 6.45) is 0. The van der Waals surface area contributed by atoms with Gasteiger partial charge < -0.3 is 9.84 Å². The molecule has 2 aromatic carbocycles. The maximum atomic E-state index is 13.8. The summed E-state index contributed by atoms with van der Waals surface area (Å²) >= 11 is 0. The molecule has 0 unspecified atom stereocenters. The molecule has 2 rings (SSSR count). The number of nitrogens with one attached hydrogen (secondary N) is 1. The van der Waals surface area contributed by atoms with E-state index in [9.17, 15) is 17.6 Å². The monoisotopic (exact) mass is 350 g/mol. The van der Waals surface area contributed by atoms with Crippen molar-refractivity contribution >= 4 is 21.7 Å². The number of carboxylic acids is 1. The van der Waals surface area contributed by atoms with Crippen LogP contribution in [0.15, 0.2) is 47.4 Å². The maximum absolute atomic E-state index is 13.8. The standard InChI is InChI=1S/C15H11FN2O5S/c16-13-6-1-10(15(19)20)9-14(13)24(21,22)18-11-2-4-12(5-3-11)23-8-7-17/h1-6,9,18H,8H2,(H,19,20). The molecule has 0 aliphatic rings. The Labute approximate surface area is 137 Å². The molecule has 0 fully saturated rings. The number of carboxylic acid groups (broad SMARTS) is 1. The molecule has 2 N–H and O–H groups in total. The van der Waals surface area contributed by atoms with E-state index in [0.29, 0.717) is 5.75 Å². The zero-order valence-electron chi connectivity index (χ0n) is 12.1. The Morgan fingerprint density at radius 3 is 2.50 bits per heavy atom. The second kappa shape index (κ2) is 6.97. The Hall–Kier alpha value is -3.12. The first-order valence-electron chi connectivity index (χ1n) is 6.49. The SMILES string of the molecule is N#CCOc1ccc(NS(=O)(=O)c2cc(C(=O)O)ccc2F)cc1. The predicted octanol–water partition coefficient (Wildman–Crippen LogP) is 2.23. The Balaban J connectivity index is 2.27. The fourth-order valence-corrected chi connectivity index (χ4v) is 2.95. The Morgan fingerprint density at radius 1 is 1.25 bits per heavy atom. The van der Waals surface area contributed by atoms with Gasteiger partial charge in [-0.1, -0.05) is 0 Å². The lowest BCUT2D eigenvalue weighted by atomic mass is 10.2. The van der Waals surface area contributed by atoms with Crippen LogP contribution in [0.1, 0.15) is 10.4 Å². The summed E-state index contributed by atoms with van der Waals surface area (Å²) in [6.45, 7) is -0.154. The number of nitriles is 1. The fraction of sp³-hybridized carbons (Fsp3) is 0.0667. The van der Waals surface area contributed by atoms with E-state index >= 15 is 0 Å². The zero-order chi connectivity index (χ0) is 17.7. The number of anilines is 1. The van der Waals surface area contributed by atoms with E-state index in [0.717, 1.165) is 18.2 Å². The number of rotatable bonds is 6. The lowest BCUT2D eigenvalue weighted by molar-refractivity contribution is 0.0696. The molecule has 0 aromatic heterocycles. The van der Waals surface area contributed by atoms with Crippen LogP contribution in [-0.4, -0.2) is 26.1 Å². The number of aromatic carboxylic acids is 1. The minimum absolute atomic E-state index is 0.124. The molecule has 124 valence electrons.